The van der Waals surface area contributed by atoms with E-state index in [9.17, 15) is 4.79 Å². The second kappa shape index (κ2) is 5.44. The predicted molar refractivity (Wildman–Crippen MR) is 90.1 cm³/mol. The van der Waals surface area contributed by atoms with Gasteiger partial charge in [-0.2, -0.15) is 0 Å². The Bertz CT molecular complexity index is 745. The van der Waals surface area contributed by atoms with E-state index in [0.29, 0.717) is 18.2 Å². The van der Waals surface area contributed by atoms with E-state index in [4.69, 9.17) is 9.52 Å². The maximum absolute atomic E-state index is 11.0. The molecule has 122 valence electrons. The van der Waals surface area contributed by atoms with Crippen molar-refractivity contribution in [3.63, 3.8) is 0 Å². The molecule has 0 aliphatic carbocycles. The van der Waals surface area contributed by atoms with E-state index in [1.807, 2.05) is 0 Å². The lowest BCUT2D eigenvalue weighted by molar-refractivity contribution is 0.0660. The van der Waals surface area contributed by atoms with Crippen LogP contribution in [0, 0.1) is 6.92 Å². The minimum atomic E-state index is -1.03. The summed E-state index contributed by atoms with van der Waals surface area (Å²) in [6.45, 7) is 9.40. The Morgan fingerprint density at radius 2 is 2.09 bits per heavy atom. The average Bonchev–Trinajstić information content (AvgIpc) is 2.91. The van der Waals surface area contributed by atoms with Crippen molar-refractivity contribution >= 4 is 11.7 Å². The lowest BCUT2D eigenvalue weighted by Gasteiger charge is -2.47. The lowest BCUT2D eigenvalue weighted by atomic mass is 9.79. The summed E-state index contributed by atoms with van der Waals surface area (Å²) in [5.74, 6) is 0.146. The van der Waals surface area contributed by atoms with Crippen LogP contribution >= 0.6 is 0 Å². The quantitative estimate of drug-likeness (QED) is 0.901. The monoisotopic (exact) mass is 313 g/mol. The predicted octanol–water partition coefficient (Wildman–Crippen LogP) is 4.58. The van der Waals surface area contributed by atoms with Crippen molar-refractivity contribution in [2.75, 3.05) is 4.90 Å². The Balaban J connectivity index is 2.00. The van der Waals surface area contributed by atoms with Gasteiger partial charge in [-0.3, -0.25) is 0 Å². The fourth-order valence-corrected chi connectivity index (χ4v) is 3.63. The van der Waals surface area contributed by atoms with Gasteiger partial charge in [-0.05, 0) is 62.4 Å². The van der Waals surface area contributed by atoms with Gasteiger partial charge in [0.25, 0.3) is 0 Å². The number of furan rings is 1. The third-order valence-electron chi connectivity index (χ3n) is 4.73. The largest absolute Gasteiger partial charge is 0.475 e. The van der Waals surface area contributed by atoms with Gasteiger partial charge in [0.2, 0.25) is 5.76 Å². The van der Waals surface area contributed by atoms with Crippen molar-refractivity contribution in [3.8, 4) is 0 Å². The van der Waals surface area contributed by atoms with E-state index < -0.39 is 5.97 Å². The number of benzene rings is 1. The van der Waals surface area contributed by atoms with Crippen LogP contribution in [0.2, 0.25) is 0 Å². The first kappa shape index (κ1) is 15.7. The lowest BCUT2D eigenvalue weighted by Crippen LogP contribution is -2.47. The highest BCUT2D eigenvalue weighted by Gasteiger charge is 2.36. The van der Waals surface area contributed by atoms with Gasteiger partial charge in [0.05, 0.1) is 6.54 Å². The highest BCUT2D eigenvalue weighted by atomic mass is 16.4. The molecule has 1 N–H and O–H groups in total. The van der Waals surface area contributed by atoms with Crippen LogP contribution in [0.1, 0.15) is 60.6 Å². The Hall–Kier alpha value is -2.23. The summed E-state index contributed by atoms with van der Waals surface area (Å²) in [5.41, 5.74) is 3.78. The summed E-state index contributed by atoms with van der Waals surface area (Å²) < 4.78 is 5.47. The number of carboxylic acids is 1. The molecule has 0 unspecified atom stereocenters. The minimum Gasteiger partial charge on any atom is -0.475 e. The van der Waals surface area contributed by atoms with Crippen molar-refractivity contribution in [2.24, 2.45) is 0 Å². The Labute approximate surface area is 136 Å². The maximum atomic E-state index is 11.0. The Morgan fingerprint density at radius 1 is 1.35 bits per heavy atom. The van der Waals surface area contributed by atoms with Gasteiger partial charge in [-0.1, -0.05) is 19.1 Å². The van der Waals surface area contributed by atoms with Crippen LogP contribution in [0.4, 0.5) is 5.69 Å². The molecule has 1 atom stereocenters. The second-order valence-corrected chi connectivity index (χ2v) is 7.14. The molecule has 1 aliphatic rings. The van der Waals surface area contributed by atoms with Gasteiger partial charge >= 0.3 is 5.97 Å². The SMILES string of the molecule is Cc1ccc2c(c1)N(Cc1ccc(C(=O)O)o1)C(C)(C)C[C@@H]2C. The molecule has 0 saturated carbocycles. The minimum absolute atomic E-state index is 0.00681. The van der Waals surface area contributed by atoms with Gasteiger partial charge in [0.1, 0.15) is 5.76 Å². The van der Waals surface area contributed by atoms with Gasteiger partial charge in [0.15, 0.2) is 0 Å². The smallest absolute Gasteiger partial charge is 0.371 e. The standard InChI is InChI=1S/C19H23NO3/c1-12-5-7-15-13(2)10-19(3,4)20(16(15)9-12)11-14-6-8-17(23-14)18(21)22/h5-9,13H,10-11H2,1-4H3,(H,21,22)/t13-/m0/s1. The van der Waals surface area contributed by atoms with E-state index >= 15 is 0 Å². The van der Waals surface area contributed by atoms with Crippen molar-refractivity contribution in [3.05, 3.63) is 53.0 Å². The van der Waals surface area contributed by atoms with Gasteiger partial charge < -0.3 is 14.4 Å². The molecule has 0 saturated heterocycles. The third kappa shape index (κ3) is 2.85. The third-order valence-corrected chi connectivity index (χ3v) is 4.73. The number of hydrogen-bond acceptors (Lipinski definition) is 3. The van der Waals surface area contributed by atoms with Crippen LogP contribution in [-0.4, -0.2) is 16.6 Å². The molecule has 4 nitrogen and oxygen atoms in total. The molecule has 1 aromatic heterocycles. The van der Waals surface area contributed by atoms with Gasteiger partial charge in [-0.25, -0.2) is 4.79 Å². The Kier molecular flexibility index (Phi) is 3.71. The molecule has 1 aromatic carbocycles. The molecule has 0 spiro atoms. The fraction of sp³-hybridized carbons (Fsp3) is 0.421. The summed E-state index contributed by atoms with van der Waals surface area (Å²) in [4.78, 5) is 13.3. The summed E-state index contributed by atoms with van der Waals surface area (Å²) in [7, 11) is 0. The summed E-state index contributed by atoms with van der Waals surface area (Å²) in [6, 6.07) is 9.86. The number of aryl methyl sites for hydroxylation is 1. The Morgan fingerprint density at radius 3 is 2.74 bits per heavy atom. The zero-order valence-electron chi connectivity index (χ0n) is 14.1. The average molecular weight is 313 g/mol. The van der Waals surface area contributed by atoms with E-state index in [1.54, 1.807) is 6.07 Å². The van der Waals surface area contributed by atoms with Gasteiger partial charge in [-0.15, -0.1) is 0 Å². The van der Waals surface area contributed by atoms with Crippen LogP contribution in [0.3, 0.4) is 0 Å². The van der Waals surface area contributed by atoms with Crippen molar-refractivity contribution in [1.29, 1.82) is 0 Å². The number of hydrogen-bond donors (Lipinski definition) is 1. The van der Waals surface area contributed by atoms with E-state index in [1.165, 1.54) is 22.9 Å². The van der Waals surface area contributed by atoms with Crippen LogP contribution in [0.5, 0.6) is 0 Å². The van der Waals surface area contributed by atoms with E-state index in [0.717, 1.165) is 6.42 Å². The molecule has 1 aliphatic heterocycles. The molecule has 3 rings (SSSR count). The molecule has 4 heteroatoms. The van der Waals surface area contributed by atoms with E-state index in [-0.39, 0.29) is 11.3 Å². The normalized spacial score (nSPS) is 19.5. The summed E-state index contributed by atoms with van der Waals surface area (Å²) >= 11 is 0. The zero-order valence-corrected chi connectivity index (χ0v) is 14.1. The highest BCUT2D eigenvalue weighted by molar-refractivity contribution is 5.84. The van der Waals surface area contributed by atoms with Crippen LogP contribution in [0.25, 0.3) is 0 Å². The highest BCUT2D eigenvalue weighted by Crippen LogP contribution is 2.44. The topological polar surface area (TPSA) is 53.7 Å². The van der Waals surface area contributed by atoms with Crippen molar-refractivity contribution in [2.45, 2.75) is 52.1 Å². The molecule has 2 aromatic rings. The number of fused-ring (bicyclic) bond motifs is 1. The fourth-order valence-electron chi connectivity index (χ4n) is 3.63. The second-order valence-electron chi connectivity index (χ2n) is 7.14. The van der Waals surface area contributed by atoms with Crippen LogP contribution in [0.15, 0.2) is 34.7 Å². The molecular weight excluding hydrogens is 290 g/mol. The van der Waals surface area contributed by atoms with Crippen LogP contribution in [-0.2, 0) is 6.54 Å². The molecule has 0 amide bonds. The number of carbonyl (C=O) groups is 1. The molecule has 0 radical (unpaired) electrons. The van der Waals surface area contributed by atoms with Crippen LogP contribution < -0.4 is 4.90 Å². The van der Waals surface area contributed by atoms with E-state index in [2.05, 4.69) is 50.8 Å². The first-order valence-corrected chi connectivity index (χ1v) is 7.98. The molecule has 2 heterocycles. The summed E-state index contributed by atoms with van der Waals surface area (Å²) in [5, 5.41) is 9.03. The molecule has 23 heavy (non-hydrogen) atoms. The number of anilines is 1. The number of nitrogens with zero attached hydrogens (tertiary/aromatic N) is 1. The van der Waals surface area contributed by atoms with Crippen molar-refractivity contribution in [1.82, 2.24) is 0 Å². The molecule has 0 bridgehead atoms. The van der Waals surface area contributed by atoms with Crippen molar-refractivity contribution < 1.29 is 14.3 Å². The van der Waals surface area contributed by atoms with Gasteiger partial charge in [0, 0.05) is 11.2 Å². The first-order chi connectivity index (χ1) is 10.8. The summed E-state index contributed by atoms with van der Waals surface area (Å²) in [6.07, 6.45) is 1.05. The number of rotatable bonds is 3. The first-order valence-electron chi connectivity index (χ1n) is 7.98. The number of aromatic carboxylic acids is 1. The number of carboxylic acid groups (broad SMARTS) is 1. The maximum Gasteiger partial charge on any atom is 0.371 e. The zero-order chi connectivity index (χ0) is 16.8. The molecule has 0 fully saturated rings. The molecular formula is C19H23NO3.